The summed E-state index contributed by atoms with van der Waals surface area (Å²) in [6, 6.07) is 8.28. The molecule has 0 radical (unpaired) electrons. The molecule has 0 saturated carbocycles. The first-order chi connectivity index (χ1) is 13.0. The Morgan fingerprint density at radius 3 is 2.59 bits per heavy atom. The van der Waals surface area contributed by atoms with Gasteiger partial charge in [0.15, 0.2) is 11.2 Å². The first-order valence-electron chi connectivity index (χ1n) is 8.33. The maximum absolute atomic E-state index is 14.5. The second-order valence-electron chi connectivity index (χ2n) is 5.99. The Labute approximate surface area is 159 Å². The normalized spacial score (nSPS) is 11.1. The Bertz CT molecular complexity index is 1010. The van der Waals surface area contributed by atoms with E-state index < -0.39 is 17.1 Å². The van der Waals surface area contributed by atoms with Crippen molar-refractivity contribution in [3.05, 3.63) is 74.5 Å². The molecule has 0 atom stereocenters. The van der Waals surface area contributed by atoms with Crippen molar-refractivity contribution in [2.24, 2.45) is 0 Å². The number of H-pyrrole nitrogens is 1. The minimum absolute atomic E-state index is 0.00369. The highest BCUT2D eigenvalue weighted by Crippen LogP contribution is 2.25. The molecule has 0 aliphatic rings. The number of rotatable bonds is 7. The van der Waals surface area contributed by atoms with Crippen molar-refractivity contribution < 1.29 is 13.9 Å². The van der Waals surface area contributed by atoms with Crippen LogP contribution >= 0.6 is 11.6 Å². The number of anilines is 1. The molecule has 0 fully saturated rings. The zero-order valence-corrected chi connectivity index (χ0v) is 15.0. The van der Waals surface area contributed by atoms with Crippen LogP contribution in [0.3, 0.4) is 0 Å². The first-order valence-corrected chi connectivity index (χ1v) is 8.71. The lowest BCUT2D eigenvalue weighted by atomic mass is 10.1. The van der Waals surface area contributed by atoms with E-state index >= 15 is 0 Å². The number of aliphatic hydroxyl groups excluding tert-OH is 1. The average molecular weight is 394 g/mol. The summed E-state index contributed by atoms with van der Waals surface area (Å²) in [7, 11) is 0. The topological polar surface area (TPSA) is 77.2 Å². The molecule has 0 bridgehead atoms. The van der Waals surface area contributed by atoms with E-state index in [0.717, 1.165) is 11.6 Å². The maximum atomic E-state index is 14.5. The molecule has 3 rings (SSSR count). The molecule has 3 aromatic rings. The van der Waals surface area contributed by atoms with Gasteiger partial charge >= 0.3 is 0 Å². The standard InChI is InChI=1S/C19H18ClF2N3O2/c20-13-3-1-11(2-4-13)8-23-9-12-10-25-17-14(19(12)27)7-15(21)18(16(17)22)24-5-6-26/h1-4,7,10,23-24,26H,5-6,8-9H2,(H,25,27). The average Bonchev–Trinajstić information content (AvgIpc) is 2.65. The summed E-state index contributed by atoms with van der Waals surface area (Å²) in [5.74, 6) is -1.78. The van der Waals surface area contributed by atoms with Crippen LogP contribution < -0.4 is 16.1 Å². The van der Waals surface area contributed by atoms with Gasteiger partial charge in [-0.1, -0.05) is 23.7 Å². The van der Waals surface area contributed by atoms with Gasteiger partial charge in [0.05, 0.1) is 17.5 Å². The quantitative estimate of drug-likeness (QED) is 0.497. The maximum Gasteiger partial charge on any atom is 0.194 e. The third-order valence-electron chi connectivity index (χ3n) is 4.12. The van der Waals surface area contributed by atoms with Crippen LogP contribution in [0.5, 0.6) is 0 Å². The zero-order chi connectivity index (χ0) is 19.4. The van der Waals surface area contributed by atoms with Crippen molar-refractivity contribution >= 4 is 28.2 Å². The van der Waals surface area contributed by atoms with Gasteiger partial charge in [0.1, 0.15) is 11.5 Å². The van der Waals surface area contributed by atoms with Gasteiger partial charge in [-0.25, -0.2) is 8.78 Å². The van der Waals surface area contributed by atoms with Gasteiger partial charge in [-0.3, -0.25) is 4.79 Å². The van der Waals surface area contributed by atoms with Crippen LogP contribution in [0.25, 0.3) is 10.9 Å². The van der Waals surface area contributed by atoms with Gasteiger partial charge < -0.3 is 20.7 Å². The number of hydrogen-bond acceptors (Lipinski definition) is 4. The van der Waals surface area contributed by atoms with Crippen molar-refractivity contribution in [3.63, 3.8) is 0 Å². The number of aliphatic hydroxyl groups is 1. The van der Waals surface area contributed by atoms with Gasteiger partial charge in [-0.15, -0.1) is 0 Å². The Morgan fingerprint density at radius 2 is 1.89 bits per heavy atom. The fourth-order valence-corrected chi connectivity index (χ4v) is 2.88. The Morgan fingerprint density at radius 1 is 1.15 bits per heavy atom. The summed E-state index contributed by atoms with van der Waals surface area (Å²) in [5, 5.41) is 15.0. The minimum atomic E-state index is -0.892. The summed E-state index contributed by atoms with van der Waals surface area (Å²) < 4.78 is 28.6. The molecule has 2 aromatic carbocycles. The lowest BCUT2D eigenvalue weighted by Crippen LogP contribution is -2.20. The zero-order valence-electron chi connectivity index (χ0n) is 14.3. The smallest absolute Gasteiger partial charge is 0.194 e. The SMILES string of the molecule is O=c1c(CNCc2ccc(Cl)cc2)c[nH]c2c(F)c(NCCO)c(F)cc12. The van der Waals surface area contributed by atoms with E-state index in [1.54, 1.807) is 12.1 Å². The summed E-state index contributed by atoms with van der Waals surface area (Å²) in [5.41, 5.74) is 0.461. The molecule has 0 amide bonds. The van der Waals surface area contributed by atoms with Crippen LogP contribution in [0.1, 0.15) is 11.1 Å². The first kappa shape index (κ1) is 19.3. The van der Waals surface area contributed by atoms with Crippen LogP contribution in [-0.4, -0.2) is 23.2 Å². The molecule has 0 spiro atoms. The van der Waals surface area contributed by atoms with Crippen LogP contribution in [-0.2, 0) is 13.1 Å². The lowest BCUT2D eigenvalue weighted by Gasteiger charge is -2.11. The predicted octanol–water partition coefficient (Wildman–Crippen LogP) is 3.15. The van der Waals surface area contributed by atoms with Gasteiger partial charge in [-0.05, 0) is 23.8 Å². The molecule has 1 heterocycles. The molecule has 8 heteroatoms. The van der Waals surface area contributed by atoms with Crippen molar-refractivity contribution in [2.45, 2.75) is 13.1 Å². The molecule has 5 nitrogen and oxygen atoms in total. The Kier molecular flexibility index (Phi) is 6.05. The minimum Gasteiger partial charge on any atom is -0.395 e. The van der Waals surface area contributed by atoms with Gasteiger partial charge in [0, 0.05) is 36.4 Å². The molecule has 142 valence electrons. The van der Waals surface area contributed by atoms with Crippen LogP contribution in [0.15, 0.2) is 41.3 Å². The number of fused-ring (bicyclic) bond motifs is 1. The summed E-state index contributed by atoms with van der Waals surface area (Å²) >= 11 is 5.84. The van der Waals surface area contributed by atoms with E-state index in [1.165, 1.54) is 6.20 Å². The van der Waals surface area contributed by atoms with Crippen molar-refractivity contribution in [2.75, 3.05) is 18.5 Å². The van der Waals surface area contributed by atoms with Crippen molar-refractivity contribution in [1.82, 2.24) is 10.3 Å². The van der Waals surface area contributed by atoms with Crippen LogP contribution in [0.2, 0.25) is 5.02 Å². The van der Waals surface area contributed by atoms with Crippen molar-refractivity contribution in [1.29, 1.82) is 0 Å². The van der Waals surface area contributed by atoms with E-state index in [1.807, 2.05) is 12.1 Å². The second kappa shape index (κ2) is 8.47. The Hall–Kier alpha value is -2.48. The summed E-state index contributed by atoms with van der Waals surface area (Å²) in [6.45, 7) is 0.477. The highest BCUT2D eigenvalue weighted by molar-refractivity contribution is 6.30. The number of aromatic amines is 1. The van der Waals surface area contributed by atoms with Crippen LogP contribution in [0, 0.1) is 11.6 Å². The molecular formula is C19H18ClF2N3O2. The van der Waals surface area contributed by atoms with Crippen molar-refractivity contribution in [3.8, 4) is 0 Å². The van der Waals surface area contributed by atoms with E-state index in [4.69, 9.17) is 16.7 Å². The van der Waals surface area contributed by atoms with Gasteiger partial charge in [0.25, 0.3) is 0 Å². The third kappa shape index (κ3) is 4.27. The van der Waals surface area contributed by atoms with E-state index in [2.05, 4.69) is 15.6 Å². The highest BCUT2D eigenvalue weighted by Gasteiger charge is 2.17. The van der Waals surface area contributed by atoms with Gasteiger partial charge in [-0.2, -0.15) is 0 Å². The molecule has 0 saturated heterocycles. The molecule has 27 heavy (non-hydrogen) atoms. The van der Waals surface area contributed by atoms with Gasteiger partial charge in [0.2, 0.25) is 0 Å². The molecule has 0 aliphatic carbocycles. The number of halogens is 3. The van der Waals surface area contributed by atoms with E-state index in [9.17, 15) is 13.6 Å². The number of pyridine rings is 1. The number of aromatic nitrogens is 1. The summed E-state index contributed by atoms with van der Waals surface area (Å²) in [4.78, 5) is 15.3. The molecule has 1 aromatic heterocycles. The van der Waals surface area contributed by atoms with E-state index in [0.29, 0.717) is 17.1 Å². The van der Waals surface area contributed by atoms with Crippen LogP contribution in [0.4, 0.5) is 14.5 Å². The molecule has 4 N–H and O–H groups in total. The lowest BCUT2D eigenvalue weighted by molar-refractivity contribution is 0.310. The highest BCUT2D eigenvalue weighted by atomic mass is 35.5. The Balaban J connectivity index is 1.82. The summed E-state index contributed by atoms with van der Waals surface area (Å²) in [6.07, 6.45) is 1.41. The number of hydrogen-bond donors (Lipinski definition) is 4. The van der Waals surface area contributed by atoms with E-state index in [-0.39, 0.29) is 36.3 Å². The molecule has 0 aliphatic heterocycles. The monoisotopic (exact) mass is 393 g/mol. The number of nitrogens with one attached hydrogen (secondary N) is 3. The number of benzene rings is 2. The largest absolute Gasteiger partial charge is 0.395 e. The third-order valence-corrected chi connectivity index (χ3v) is 4.37. The fourth-order valence-electron chi connectivity index (χ4n) is 2.76. The predicted molar refractivity (Wildman–Crippen MR) is 102 cm³/mol. The second-order valence-corrected chi connectivity index (χ2v) is 6.43. The molecular weight excluding hydrogens is 376 g/mol. The molecule has 0 unspecified atom stereocenters. The fraction of sp³-hybridized carbons (Fsp3) is 0.211.